The summed E-state index contributed by atoms with van der Waals surface area (Å²) in [6.07, 6.45) is 0.963. The molecule has 22 heavy (non-hydrogen) atoms. The molecular formula is C16H26ClN3O2. The van der Waals surface area contributed by atoms with Crippen molar-refractivity contribution in [2.75, 3.05) is 18.4 Å². The standard InChI is InChI=1S/C16H25N3O2.ClH/c1-5-9-17-13(4)16(21)18-10-14(20)19-15-11(2)7-6-8-12(15)3;/h6-8,13,17H,5,9-10H2,1-4H3,(H,18,21)(H,19,20);1H. The van der Waals surface area contributed by atoms with Crippen molar-refractivity contribution in [3.05, 3.63) is 29.3 Å². The zero-order valence-corrected chi connectivity index (χ0v) is 14.5. The van der Waals surface area contributed by atoms with E-state index in [4.69, 9.17) is 0 Å². The number of aryl methyl sites for hydroxylation is 2. The molecule has 0 fully saturated rings. The molecule has 0 aliphatic heterocycles. The van der Waals surface area contributed by atoms with Crippen LogP contribution in [0.1, 0.15) is 31.4 Å². The second-order valence-corrected chi connectivity index (χ2v) is 5.21. The lowest BCUT2D eigenvalue weighted by molar-refractivity contribution is -0.125. The van der Waals surface area contributed by atoms with Crippen LogP contribution in [0, 0.1) is 13.8 Å². The molecule has 0 bridgehead atoms. The predicted molar refractivity (Wildman–Crippen MR) is 92.6 cm³/mol. The number of halogens is 1. The molecule has 1 unspecified atom stereocenters. The summed E-state index contributed by atoms with van der Waals surface area (Å²) in [5.41, 5.74) is 2.83. The van der Waals surface area contributed by atoms with Gasteiger partial charge in [0.1, 0.15) is 0 Å². The summed E-state index contributed by atoms with van der Waals surface area (Å²) in [6.45, 7) is 8.47. The first kappa shape index (κ1) is 20.4. The molecule has 1 rings (SSSR count). The molecule has 2 amide bonds. The highest BCUT2D eigenvalue weighted by atomic mass is 35.5. The Hall–Kier alpha value is -1.59. The van der Waals surface area contributed by atoms with Gasteiger partial charge in [-0.3, -0.25) is 9.59 Å². The minimum atomic E-state index is -0.294. The van der Waals surface area contributed by atoms with Crippen molar-refractivity contribution in [3.8, 4) is 0 Å². The molecule has 0 aliphatic carbocycles. The Morgan fingerprint density at radius 1 is 1.18 bits per heavy atom. The van der Waals surface area contributed by atoms with Crippen molar-refractivity contribution >= 4 is 29.9 Å². The molecule has 0 saturated carbocycles. The van der Waals surface area contributed by atoms with Crippen LogP contribution in [0.4, 0.5) is 5.69 Å². The van der Waals surface area contributed by atoms with Gasteiger partial charge in [0.25, 0.3) is 0 Å². The van der Waals surface area contributed by atoms with E-state index in [2.05, 4.69) is 16.0 Å². The number of carbonyl (C=O) groups is 2. The van der Waals surface area contributed by atoms with Crippen LogP contribution in [0.15, 0.2) is 18.2 Å². The highest BCUT2D eigenvalue weighted by molar-refractivity contribution is 5.96. The number of anilines is 1. The first-order valence-corrected chi connectivity index (χ1v) is 7.32. The smallest absolute Gasteiger partial charge is 0.243 e. The first-order chi connectivity index (χ1) is 9.95. The van der Waals surface area contributed by atoms with Crippen molar-refractivity contribution < 1.29 is 9.59 Å². The largest absolute Gasteiger partial charge is 0.346 e. The fourth-order valence-corrected chi connectivity index (χ4v) is 1.97. The van der Waals surface area contributed by atoms with Gasteiger partial charge in [-0.2, -0.15) is 0 Å². The highest BCUT2D eigenvalue weighted by Crippen LogP contribution is 2.18. The van der Waals surface area contributed by atoms with Gasteiger partial charge < -0.3 is 16.0 Å². The molecule has 0 aliphatic rings. The van der Waals surface area contributed by atoms with Crippen molar-refractivity contribution in [1.82, 2.24) is 10.6 Å². The van der Waals surface area contributed by atoms with Gasteiger partial charge in [0, 0.05) is 5.69 Å². The molecule has 0 heterocycles. The predicted octanol–water partition coefficient (Wildman–Crippen LogP) is 2.17. The summed E-state index contributed by atoms with van der Waals surface area (Å²) < 4.78 is 0. The summed E-state index contributed by atoms with van der Waals surface area (Å²) >= 11 is 0. The molecule has 0 spiro atoms. The molecule has 3 N–H and O–H groups in total. The van der Waals surface area contributed by atoms with Crippen LogP contribution in [-0.4, -0.2) is 30.9 Å². The van der Waals surface area contributed by atoms with E-state index in [-0.39, 0.29) is 36.8 Å². The Morgan fingerprint density at radius 2 is 1.77 bits per heavy atom. The van der Waals surface area contributed by atoms with Gasteiger partial charge in [-0.25, -0.2) is 0 Å². The summed E-state index contributed by atoms with van der Waals surface area (Å²) in [5, 5.41) is 8.56. The van der Waals surface area contributed by atoms with Crippen LogP contribution in [0.3, 0.4) is 0 Å². The average Bonchev–Trinajstić information content (AvgIpc) is 2.46. The molecule has 124 valence electrons. The van der Waals surface area contributed by atoms with E-state index in [1.807, 2.05) is 39.0 Å². The number of amides is 2. The number of hydrogen-bond donors (Lipinski definition) is 3. The van der Waals surface area contributed by atoms with Crippen LogP contribution < -0.4 is 16.0 Å². The Bertz CT molecular complexity index is 486. The van der Waals surface area contributed by atoms with Crippen LogP contribution in [0.2, 0.25) is 0 Å². The number of nitrogens with one attached hydrogen (secondary N) is 3. The Kier molecular flexibility index (Phi) is 9.45. The molecule has 5 nitrogen and oxygen atoms in total. The van der Waals surface area contributed by atoms with Gasteiger partial charge in [0.2, 0.25) is 11.8 Å². The van der Waals surface area contributed by atoms with E-state index in [1.165, 1.54) is 0 Å². The van der Waals surface area contributed by atoms with Crippen molar-refractivity contribution in [2.24, 2.45) is 0 Å². The molecule has 0 saturated heterocycles. The average molecular weight is 328 g/mol. The van der Waals surface area contributed by atoms with Crippen LogP contribution in [0.25, 0.3) is 0 Å². The van der Waals surface area contributed by atoms with Crippen LogP contribution >= 0.6 is 12.4 Å². The van der Waals surface area contributed by atoms with Crippen LogP contribution in [0.5, 0.6) is 0 Å². The third-order valence-corrected chi connectivity index (χ3v) is 3.26. The van der Waals surface area contributed by atoms with E-state index in [1.54, 1.807) is 6.92 Å². The Morgan fingerprint density at radius 3 is 2.32 bits per heavy atom. The lowest BCUT2D eigenvalue weighted by atomic mass is 10.1. The van der Waals surface area contributed by atoms with Crippen molar-refractivity contribution in [2.45, 2.75) is 40.2 Å². The van der Waals surface area contributed by atoms with E-state index >= 15 is 0 Å². The normalized spacial score (nSPS) is 11.3. The fourth-order valence-electron chi connectivity index (χ4n) is 1.97. The number of hydrogen-bond acceptors (Lipinski definition) is 3. The van der Waals surface area contributed by atoms with E-state index in [0.29, 0.717) is 0 Å². The minimum Gasteiger partial charge on any atom is -0.346 e. The topological polar surface area (TPSA) is 70.2 Å². The van der Waals surface area contributed by atoms with Gasteiger partial charge in [-0.05, 0) is 44.9 Å². The van der Waals surface area contributed by atoms with Crippen LogP contribution in [-0.2, 0) is 9.59 Å². The second-order valence-electron chi connectivity index (χ2n) is 5.21. The highest BCUT2D eigenvalue weighted by Gasteiger charge is 2.13. The maximum atomic E-state index is 11.9. The molecule has 1 aromatic carbocycles. The molecular weight excluding hydrogens is 302 g/mol. The summed E-state index contributed by atoms with van der Waals surface area (Å²) in [4.78, 5) is 23.7. The Balaban J connectivity index is 0.00000441. The van der Waals surface area contributed by atoms with E-state index in [0.717, 1.165) is 29.8 Å². The zero-order chi connectivity index (χ0) is 15.8. The third kappa shape index (κ3) is 6.45. The molecule has 1 atom stereocenters. The summed E-state index contributed by atoms with van der Waals surface area (Å²) in [5.74, 6) is -0.386. The number of para-hydroxylation sites is 1. The number of benzene rings is 1. The number of rotatable bonds is 7. The third-order valence-electron chi connectivity index (χ3n) is 3.26. The maximum absolute atomic E-state index is 11.9. The van der Waals surface area contributed by atoms with Gasteiger partial charge >= 0.3 is 0 Å². The zero-order valence-electron chi connectivity index (χ0n) is 13.7. The SMILES string of the molecule is CCCNC(C)C(=O)NCC(=O)Nc1c(C)cccc1C.Cl. The summed E-state index contributed by atoms with van der Waals surface area (Å²) in [6, 6.07) is 5.54. The lowest BCUT2D eigenvalue weighted by Crippen LogP contribution is -2.44. The van der Waals surface area contributed by atoms with Gasteiger partial charge in [0.15, 0.2) is 0 Å². The first-order valence-electron chi connectivity index (χ1n) is 7.32. The maximum Gasteiger partial charge on any atom is 0.243 e. The van der Waals surface area contributed by atoms with Gasteiger partial charge in [0.05, 0.1) is 12.6 Å². The summed E-state index contributed by atoms with van der Waals surface area (Å²) in [7, 11) is 0. The molecule has 0 radical (unpaired) electrons. The lowest BCUT2D eigenvalue weighted by Gasteiger charge is -2.14. The van der Waals surface area contributed by atoms with E-state index in [9.17, 15) is 9.59 Å². The monoisotopic (exact) mass is 327 g/mol. The fraction of sp³-hybridized carbons (Fsp3) is 0.500. The molecule has 1 aromatic rings. The van der Waals surface area contributed by atoms with Gasteiger partial charge in [-0.15, -0.1) is 12.4 Å². The quantitative estimate of drug-likeness (QED) is 0.719. The minimum absolute atomic E-state index is 0. The molecule has 6 heteroatoms. The van der Waals surface area contributed by atoms with E-state index < -0.39 is 0 Å². The second kappa shape index (κ2) is 10.2. The van der Waals surface area contributed by atoms with Gasteiger partial charge in [-0.1, -0.05) is 25.1 Å². The molecule has 0 aromatic heterocycles. The Labute approximate surface area is 138 Å². The number of carbonyl (C=O) groups excluding carboxylic acids is 2. The van der Waals surface area contributed by atoms with Crippen molar-refractivity contribution in [1.29, 1.82) is 0 Å². The van der Waals surface area contributed by atoms with Crippen molar-refractivity contribution in [3.63, 3.8) is 0 Å².